The van der Waals surface area contributed by atoms with Crippen LogP contribution in [0.25, 0.3) is 0 Å². The summed E-state index contributed by atoms with van der Waals surface area (Å²) in [5.41, 5.74) is -0.511. The number of ether oxygens (including phenoxy) is 1. The van der Waals surface area contributed by atoms with Gasteiger partial charge in [0.2, 0.25) is 5.89 Å². The highest BCUT2D eigenvalue weighted by Crippen LogP contribution is 2.25. The van der Waals surface area contributed by atoms with Crippen molar-refractivity contribution in [3.05, 3.63) is 16.4 Å². The summed E-state index contributed by atoms with van der Waals surface area (Å²) in [5, 5.41) is 6.07. The number of nitrogens with one attached hydrogen (secondary N) is 1. The lowest BCUT2D eigenvalue weighted by Gasteiger charge is -2.32. The predicted molar refractivity (Wildman–Crippen MR) is 66.9 cm³/mol. The lowest BCUT2D eigenvalue weighted by atomic mass is 9.98. The van der Waals surface area contributed by atoms with E-state index in [1.807, 2.05) is 20.8 Å². The van der Waals surface area contributed by atoms with Crippen molar-refractivity contribution in [3.63, 3.8) is 0 Å². The number of rotatable bonds is 1. The molecule has 1 aliphatic rings. The van der Waals surface area contributed by atoms with Gasteiger partial charge in [0.05, 0.1) is 5.92 Å². The van der Waals surface area contributed by atoms with Crippen LogP contribution in [0.1, 0.15) is 45.4 Å². The molecule has 0 saturated carbocycles. The zero-order valence-electron chi connectivity index (χ0n) is 11.4. The molecule has 1 fully saturated rings. The first-order valence-electron chi connectivity index (χ1n) is 6.38. The number of H-pyrrole nitrogens is 1. The van der Waals surface area contributed by atoms with Crippen LogP contribution in [0, 0.1) is 0 Å². The SMILES string of the molecule is CC(C)(C)OC(=O)N1CCC[C@@H](c2n[nH]c(=O)o2)C1. The molecule has 1 aliphatic heterocycles. The first-order valence-corrected chi connectivity index (χ1v) is 6.38. The van der Waals surface area contributed by atoms with Crippen molar-refractivity contribution in [2.75, 3.05) is 13.1 Å². The Hall–Kier alpha value is -1.79. The zero-order chi connectivity index (χ0) is 14.0. The highest BCUT2D eigenvalue weighted by Gasteiger charge is 2.30. The molecular formula is C12H19N3O4. The average molecular weight is 269 g/mol. The van der Waals surface area contributed by atoms with Crippen LogP contribution in [-0.4, -0.2) is 39.9 Å². The van der Waals surface area contributed by atoms with Crippen molar-refractivity contribution < 1.29 is 13.9 Å². The molecule has 106 valence electrons. The largest absolute Gasteiger partial charge is 0.444 e. The van der Waals surface area contributed by atoms with Gasteiger partial charge in [0, 0.05) is 13.1 Å². The van der Waals surface area contributed by atoms with Gasteiger partial charge in [-0.15, -0.1) is 5.10 Å². The van der Waals surface area contributed by atoms with E-state index in [4.69, 9.17) is 9.15 Å². The third-order valence-electron chi connectivity index (χ3n) is 2.88. The Morgan fingerprint density at radius 2 is 2.26 bits per heavy atom. The molecule has 2 heterocycles. The second kappa shape index (κ2) is 5.07. The maximum atomic E-state index is 12.0. The minimum Gasteiger partial charge on any atom is -0.444 e. The number of hydrogen-bond acceptors (Lipinski definition) is 5. The number of piperidine rings is 1. The number of aromatic amines is 1. The van der Waals surface area contributed by atoms with Crippen LogP contribution < -0.4 is 5.76 Å². The van der Waals surface area contributed by atoms with Crippen molar-refractivity contribution in [3.8, 4) is 0 Å². The molecule has 1 saturated heterocycles. The lowest BCUT2D eigenvalue weighted by Crippen LogP contribution is -2.42. The van der Waals surface area contributed by atoms with Gasteiger partial charge in [0.1, 0.15) is 5.60 Å². The van der Waals surface area contributed by atoms with Crippen LogP contribution in [0.5, 0.6) is 0 Å². The van der Waals surface area contributed by atoms with Crippen LogP contribution >= 0.6 is 0 Å². The fourth-order valence-corrected chi connectivity index (χ4v) is 2.09. The third kappa shape index (κ3) is 3.59. The Kier molecular flexibility index (Phi) is 3.64. The number of nitrogens with zero attached hydrogens (tertiary/aromatic N) is 2. The van der Waals surface area contributed by atoms with E-state index in [0.717, 1.165) is 12.8 Å². The second-order valence-electron chi connectivity index (χ2n) is 5.72. The molecule has 7 heteroatoms. The van der Waals surface area contributed by atoms with Crippen LogP contribution in [-0.2, 0) is 4.74 Å². The number of carbonyl (C=O) groups is 1. The van der Waals surface area contributed by atoms with Crippen LogP contribution in [0.15, 0.2) is 9.21 Å². The Bertz CT molecular complexity index is 500. The number of aromatic nitrogens is 2. The highest BCUT2D eigenvalue weighted by atomic mass is 16.6. The fraction of sp³-hybridized carbons (Fsp3) is 0.750. The van der Waals surface area contributed by atoms with E-state index in [9.17, 15) is 9.59 Å². The first-order chi connectivity index (χ1) is 8.85. The molecule has 0 aromatic carbocycles. The summed E-state index contributed by atoms with van der Waals surface area (Å²) in [6, 6.07) is 0. The summed E-state index contributed by atoms with van der Waals surface area (Å²) >= 11 is 0. The molecule has 1 aromatic rings. The van der Waals surface area contributed by atoms with Crippen LogP contribution in [0.2, 0.25) is 0 Å². The van der Waals surface area contributed by atoms with Crippen molar-refractivity contribution >= 4 is 6.09 Å². The van der Waals surface area contributed by atoms with E-state index in [-0.39, 0.29) is 12.0 Å². The van der Waals surface area contributed by atoms with Gasteiger partial charge in [-0.05, 0) is 33.6 Å². The van der Waals surface area contributed by atoms with E-state index in [0.29, 0.717) is 19.0 Å². The van der Waals surface area contributed by atoms with Crippen molar-refractivity contribution in [2.45, 2.75) is 45.1 Å². The average Bonchev–Trinajstić information content (AvgIpc) is 2.74. The van der Waals surface area contributed by atoms with E-state index >= 15 is 0 Å². The Morgan fingerprint density at radius 3 is 2.84 bits per heavy atom. The monoisotopic (exact) mass is 269 g/mol. The van der Waals surface area contributed by atoms with Gasteiger partial charge in [-0.2, -0.15) is 0 Å². The summed E-state index contributed by atoms with van der Waals surface area (Å²) < 4.78 is 10.3. The number of amides is 1. The third-order valence-corrected chi connectivity index (χ3v) is 2.88. The molecule has 1 amide bonds. The summed E-state index contributed by atoms with van der Waals surface area (Å²) in [6.07, 6.45) is 1.34. The molecule has 19 heavy (non-hydrogen) atoms. The molecule has 0 unspecified atom stereocenters. The topological polar surface area (TPSA) is 88.4 Å². The first kappa shape index (κ1) is 13.6. The Balaban J connectivity index is 2.01. The number of likely N-dealkylation sites (tertiary alicyclic amines) is 1. The molecule has 1 N–H and O–H groups in total. The predicted octanol–water partition coefficient (Wildman–Crippen LogP) is 1.48. The van der Waals surface area contributed by atoms with E-state index in [1.165, 1.54) is 0 Å². The highest BCUT2D eigenvalue weighted by molar-refractivity contribution is 5.68. The summed E-state index contributed by atoms with van der Waals surface area (Å²) in [6.45, 7) is 6.61. The van der Waals surface area contributed by atoms with E-state index in [1.54, 1.807) is 4.90 Å². The van der Waals surface area contributed by atoms with Gasteiger partial charge in [-0.25, -0.2) is 14.7 Å². The summed E-state index contributed by atoms with van der Waals surface area (Å²) in [5.74, 6) is -0.261. The molecule has 7 nitrogen and oxygen atoms in total. The molecule has 0 spiro atoms. The standard InChI is InChI=1S/C12H19N3O4/c1-12(2,3)19-11(17)15-6-4-5-8(7-15)9-13-14-10(16)18-9/h8H,4-7H2,1-3H3,(H,14,16)/t8-/m1/s1. The van der Waals surface area contributed by atoms with Crippen molar-refractivity contribution in [1.82, 2.24) is 15.1 Å². The van der Waals surface area contributed by atoms with Gasteiger partial charge in [0.25, 0.3) is 0 Å². The zero-order valence-corrected chi connectivity index (χ0v) is 11.4. The Labute approximate surface area is 110 Å². The minimum atomic E-state index is -0.565. The molecule has 1 aromatic heterocycles. The van der Waals surface area contributed by atoms with Crippen LogP contribution in [0.4, 0.5) is 4.79 Å². The summed E-state index contributed by atoms with van der Waals surface area (Å²) in [4.78, 5) is 24.6. The van der Waals surface area contributed by atoms with Gasteiger partial charge in [-0.1, -0.05) is 0 Å². The lowest BCUT2D eigenvalue weighted by molar-refractivity contribution is 0.0190. The Morgan fingerprint density at radius 1 is 1.53 bits per heavy atom. The number of carbonyl (C=O) groups excluding carboxylic acids is 1. The van der Waals surface area contributed by atoms with Gasteiger partial charge < -0.3 is 14.1 Å². The van der Waals surface area contributed by atoms with E-state index in [2.05, 4.69) is 10.2 Å². The molecule has 1 atom stereocenters. The van der Waals surface area contributed by atoms with Gasteiger partial charge in [-0.3, -0.25) is 0 Å². The number of hydrogen-bond donors (Lipinski definition) is 1. The minimum absolute atomic E-state index is 0.0554. The van der Waals surface area contributed by atoms with E-state index < -0.39 is 11.4 Å². The normalized spacial score (nSPS) is 20.4. The molecule has 0 radical (unpaired) electrons. The molecule has 2 rings (SSSR count). The van der Waals surface area contributed by atoms with Crippen molar-refractivity contribution in [1.29, 1.82) is 0 Å². The molecular weight excluding hydrogens is 250 g/mol. The second-order valence-corrected chi connectivity index (χ2v) is 5.72. The molecule has 0 aliphatic carbocycles. The maximum absolute atomic E-state index is 12.0. The van der Waals surface area contributed by atoms with Crippen LogP contribution in [0.3, 0.4) is 0 Å². The summed E-state index contributed by atoms with van der Waals surface area (Å²) in [7, 11) is 0. The smallest absolute Gasteiger partial charge is 0.434 e. The quantitative estimate of drug-likeness (QED) is 0.834. The fourth-order valence-electron chi connectivity index (χ4n) is 2.09. The van der Waals surface area contributed by atoms with Gasteiger partial charge >= 0.3 is 11.8 Å². The molecule has 0 bridgehead atoms. The maximum Gasteiger partial charge on any atom is 0.434 e. The van der Waals surface area contributed by atoms with Gasteiger partial charge in [0.15, 0.2) is 0 Å². The van der Waals surface area contributed by atoms with Crippen molar-refractivity contribution in [2.24, 2.45) is 0 Å².